The minimum Gasteiger partial charge on any atom is -0.493 e. The Kier molecular flexibility index (Phi) is 4.70. The normalized spacial score (nSPS) is 12.0. The maximum Gasteiger partial charge on any atom is 0.203 e. The Morgan fingerprint density at radius 2 is 1.71 bits per heavy atom. The van der Waals surface area contributed by atoms with E-state index >= 15 is 0 Å². The second-order valence-electron chi connectivity index (χ2n) is 4.54. The van der Waals surface area contributed by atoms with Crippen LogP contribution in [0.15, 0.2) is 22.7 Å². The van der Waals surface area contributed by atoms with Gasteiger partial charge < -0.3 is 24.5 Å². The van der Waals surface area contributed by atoms with Crippen molar-refractivity contribution in [2.75, 3.05) is 21.3 Å². The topological polar surface area (TPSA) is 79.7 Å². The van der Waals surface area contributed by atoms with Gasteiger partial charge in [0, 0.05) is 11.6 Å². The van der Waals surface area contributed by atoms with Gasteiger partial charge in [-0.05, 0) is 18.6 Å². The number of rotatable bonds is 6. The molecule has 6 nitrogen and oxygen atoms in total. The van der Waals surface area contributed by atoms with Crippen LogP contribution in [-0.2, 0) is 0 Å². The summed E-state index contributed by atoms with van der Waals surface area (Å²) in [6, 6.07) is 5.31. The summed E-state index contributed by atoms with van der Waals surface area (Å²) in [5.41, 5.74) is 7.42. The van der Waals surface area contributed by atoms with Crippen molar-refractivity contribution < 1.29 is 18.7 Å². The standard InChI is InChI=1S/C15H20N2O4/c1-5-10(16)12-8-11(17-21-12)9-6-13(18-2)15(20-4)14(7-9)19-3/h6-8,10H,5,16H2,1-4H3. The molecule has 0 spiro atoms. The van der Waals surface area contributed by atoms with Crippen LogP contribution in [0.25, 0.3) is 11.3 Å². The summed E-state index contributed by atoms with van der Waals surface area (Å²) in [5, 5.41) is 4.05. The summed E-state index contributed by atoms with van der Waals surface area (Å²) in [6.07, 6.45) is 0.782. The van der Waals surface area contributed by atoms with Crippen LogP contribution < -0.4 is 19.9 Å². The molecular formula is C15H20N2O4. The number of nitrogens with zero attached hydrogens (tertiary/aromatic N) is 1. The highest BCUT2D eigenvalue weighted by Gasteiger charge is 2.17. The van der Waals surface area contributed by atoms with E-state index in [1.165, 1.54) is 0 Å². The summed E-state index contributed by atoms with van der Waals surface area (Å²) in [6.45, 7) is 1.99. The average Bonchev–Trinajstić information content (AvgIpc) is 3.02. The van der Waals surface area contributed by atoms with Gasteiger partial charge in [0.2, 0.25) is 5.75 Å². The van der Waals surface area contributed by atoms with Gasteiger partial charge in [0.1, 0.15) is 5.69 Å². The summed E-state index contributed by atoms with van der Waals surface area (Å²) < 4.78 is 21.2. The highest BCUT2D eigenvalue weighted by atomic mass is 16.5. The predicted molar refractivity (Wildman–Crippen MR) is 78.8 cm³/mol. The van der Waals surface area contributed by atoms with E-state index < -0.39 is 0 Å². The zero-order valence-electron chi connectivity index (χ0n) is 12.7. The van der Waals surface area contributed by atoms with Crippen LogP contribution in [0.2, 0.25) is 0 Å². The zero-order chi connectivity index (χ0) is 15.4. The van der Waals surface area contributed by atoms with Crippen molar-refractivity contribution >= 4 is 0 Å². The molecule has 0 aliphatic heterocycles. The van der Waals surface area contributed by atoms with E-state index in [2.05, 4.69) is 5.16 Å². The average molecular weight is 292 g/mol. The highest BCUT2D eigenvalue weighted by molar-refractivity contribution is 5.68. The van der Waals surface area contributed by atoms with Gasteiger partial charge in [-0.2, -0.15) is 0 Å². The molecule has 114 valence electrons. The minimum atomic E-state index is -0.159. The molecule has 1 heterocycles. The fourth-order valence-corrected chi connectivity index (χ4v) is 2.03. The van der Waals surface area contributed by atoms with Crippen molar-refractivity contribution in [2.45, 2.75) is 19.4 Å². The number of aromatic nitrogens is 1. The molecule has 0 fully saturated rings. The molecule has 2 rings (SSSR count). The van der Waals surface area contributed by atoms with E-state index in [-0.39, 0.29) is 6.04 Å². The molecule has 2 aromatic rings. The lowest BCUT2D eigenvalue weighted by atomic mass is 10.1. The van der Waals surface area contributed by atoms with Crippen LogP contribution in [0, 0.1) is 0 Å². The SMILES string of the molecule is CCC(N)c1cc(-c2cc(OC)c(OC)c(OC)c2)no1. The molecule has 0 saturated carbocycles. The Hall–Kier alpha value is -2.21. The Bertz CT molecular complexity index is 584. The third kappa shape index (κ3) is 2.95. The van der Waals surface area contributed by atoms with E-state index in [1.54, 1.807) is 21.3 Å². The van der Waals surface area contributed by atoms with Crippen LogP contribution in [0.3, 0.4) is 0 Å². The second-order valence-corrected chi connectivity index (χ2v) is 4.54. The number of ether oxygens (including phenoxy) is 3. The molecule has 0 aliphatic rings. The van der Waals surface area contributed by atoms with Crippen molar-refractivity contribution in [3.63, 3.8) is 0 Å². The molecule has 0 radical (unpaired) electrons. The van der Waals surface area contributed by atoms with E-state index in [9.17, 15) is 0 Å². The van der Waals surface area contributed by atoms with Gasteiger partial charge in [0.05, 0.1) is 27.4 Å². The number of nitrogens with two attached hydrogens (primary N) is 1. The van der Waals surface area contributed by atoms with Crippen LogP contribution in [-0.4, -0.2) is 26.5 Å². The quantitative estimate of drug-likeness (QED) is 0.881. The zero-order valence-corrected chi connectivity index (χ0v) is 12.7. The maximum atomic E-state index is 5.94. The molecule has 1 aromatic carbocycles. The first-order valence-corrected chi connectivity index (χ1v) is 6.67. The summed E-state index contributed by atoms with van der Waals surface area (Å²) in [4.78, 5) is 0. The van der Waals surface area contributed by atoms with Crippen LogP contribution >= 0.6 is 0 Å². The van der Waals surface area contributed by atoms with E-state index in [0.29, 0.717) is 28.7 Å². The van der Waals surface area contributed by atoms with Gasteiger partial charge in [-0.15, -0.1) is 0 Å². The number of methoxy groups -OCH3 is 3. The molecule has 0 amide bonds. The van der Waals surface area contributed by atoms with Crippen molar-refractivity contribution in [3.05, 3.63) is 24.0 Å². The fourth-order valence-electron chi connectivity index (χ4n) is 2.03. The van der Waals surface area contributed by atoms with Crippen LogP contribution in [0.1, 0.15) is 25.1 Å². The van der Waals surface area contributed by atoms with Crippen LogP contribution in [0.4, 0.5) is 0 Å². The van der Waals surface area contributed by atoms with E-state index in [4.69, 9.17) is 24.5 Å². The predicted octanol–water partition coefficient (Wildman–Crippen LogP) is 2.78. The van der Waals surface area contributed by atoms with Crippen molar-refractivity contribution in [1.82, 2.24) is 5.16 Å². The lowest BCUT2D eigenvalue weighted by molar-refractivity contribution is 0.324. The van der Waals surface area contributed by atoms with Gasteiger partial charge in [-0.1, -0.05) is 12.1 Å². The smallest absolute Gasteiger partial charge is 0.203 e. The number of hydrogen-bond donors (Lipinski definition) is 1. The second kappa shape index (κ2) is 6.49. The monoisotopic (exact) mass is 292 g/mol. The van der Waals surface area contributed by atoms with Crippen LogP contribution in [0.5, 0.6) is 17.2 Å². The molecule has 1 aromatic heterocycles. The summed E-state index contributed by atoms with van der Waals surface area (Å²) >= 11 is 0. The molecular weight excluding hydrogens is 272 g/mol. The Morgan fingerprint density at radius 1 is 1.10 bits per heavy atom. The van der Waals surface area contributed by atoms with Gasteiger partial charge in [0.15, 0.2) is 17.3 Å². The van der Waals surface area contributed by atoms with Gasteiger partial charge in [-0.3, -0.25) is 0 Å². The lowest BCUT2D eigenvalue weighted by Crippen LogP contribution is -2.06. The maximum absolute atomic E-state index is 5.94. The van der Waals surface area contributed by atoms with E-state index in [1.807, 2.05) is 25.1 Å². The molecule has 2 N–H and O–H groups in total. The molecule has 1 unspecified atom stereocenters. The molecule has 21 heavy (non-hydrogen) atoms. The van der Waals surface area contributed by atoms with Crippen molar-refractivity contribution in [2.24, 2.45) is 5.73 Å². The van der Waals surface area contributed by atoms with E-state index in [0.717, 1.165) is 12.0 Å². The number of benzene rings is 1. The van der Waals surface area contributed by atoms with Crippen molar-refractivity contribution in [3.8, 4) is 28.5 Å². The Balaban J connectivity index is 2.46. The first kappa shape index (κ1) is 15.2. The minimum absolute atomic E-state index is 0.159. The van der Waals surface area contributed by atoms with Gasteiger partial charge >= 0.3 is 0 Å². The molecule has 0 bridgehead atoms. The molecule has 0 saturated heterocycles. The molecule has 0 aliphatic carbocycles. The summed E-state index contributed by atoms with van der Waals surface area (Å²) in [7, 11) is 4.71. The lowest BCUT2D eigenvalue weighted by Gasteiger charge is -2.13. The fraction of sp³-hybridized carbons (Fsp3) is 0.400. The first-order valence-electron chi connectivity index (χ1n) is 6.67. The first-order chi connectivity index (χ1) is 10.1. The molecule has 6 heteroatoms. The largest absolute Gasteiger partial charge is 0.493 e. The highest BCUT2D eigenvalue weighted by Crippen LogP contribution is 2.41. The summed E-state index contributed by atoms with van der Waals surface area (Å²) in [5.74, 6) is 2.33. The Labute approximate surface area is 123 Å². The van der Waals surface area contributed by atoms with Crippen molar-refractivity contribution in [1.29, 1.82) is 0 Å². The molecule has 1 atom stereocenters. The third-order valence-corrected chi connectivity index (χ3v) is 3.29. The third-order valence-electron chi connectivity index (χ3n) is 3.29. The Morgan fingerprint density at radius 3 is 2.19 bits per heavy atom. The number of hydrogen-bond acceptors (Lipinski definition) is 6. The van der Waals surface area contributed by atoms with Gasteiger partial charge in [-0.25, -0.2) is 0 Å². The van der Waals surface area contributed by atoms with Gasteiger partial charge in [0.25, 0.3) is 0 Å².